The number of benzene rings is 6. The van der Waals surface area contributed by atoms with Gasteiger partial charge in [-0.2, -0.15) is 0 Å². The summed E-state index contributed by atoms with van der Waals surface area (Å²) in [5.41, 5.74) is 15.1. The summed E-state index contributed by atoms with van der Waals surface area (Å²) in [5.74, 6) is 0. The zero-order valence-electron chi connectivity index (χ0n) is 29.6. The van der Waals surface area contributed by atoms with E-state index in [1.54, 1.807) is 0 Å². The van der Waals surface area contributed by atoms with Gasteiger partial charge < -0.3 is 9.13 Å². The van der Waals surface area contributed by atoms with Gasteiger partial charge in [0.25, 0.3) is 0 Å². The lowest BCUT2D eigenvalue weighted by atomic mass is 10.00. The highest BCUT2D eigenvalue weighted by Crippen LogP contribution is 2.38. The van der Waals surface area contributed by atoms with Crippen LogP contribution in [0.4, 0.5) is 0 Å². The van der Waals surface area contributed by atoms with Gasteiger partial charge in [-0.15, -0.1) is 0 Å². The molecule has 0 saturated heterocycles. The number of para-hydroxylation sites is 1. The summed E-state index contributed by atoms with van der Waals surface area (Å²) in [6.45, 7) is 12.3. The van der Waals surface area contributed by atoms with Gasteiger partial charge in [-0.3, -0.25) is 0 Å². The molecule has 0 N–H and O–H groups in total. The zero-order chi connectivity index (χ0) is 35.6. The molecule has 0 atom stereocenters. The summed E-state index contributed by atoms with van der Waals surface area (Å²) in [6.07, 6.45) is 14.3. The van der Waals surface area contributed by atoms with E-state index < -0.39 is 0 Å². The molecule has 0 saturated carbocycles. The van der Waals surface area contributed by atoms with Crippen LogP contribution in [-0.4, -0.2) is 9.13 Å². The zero-order valence-corrected chi connectivity index (χ0v) is 29.6. The lowest BCUT2D eigenvalue weighted by molar-refractivity contribution is 1.10. The third-order valence-electron chi connectivity index (χ3n) is 9.91. The fraction of sp³-hybridized carbons (Fsp3) is 0.0400. The Morgan fingerprint density at radius 3 is 1.77 bits per heavy atom. The maximum absolute atomic E-state index is 4.25. The Morgan fingerprint density at radius 1 is 0.519 bits per heavy atom. The predicted octanol–water partition coefficient (Wildman–Crippen LogP) is 13.9. The smallest absolute Gasteiger partial charge is 0.0541 e. The highest BCUT2D eigenvalue weighted by Gasteiger charge is 2.18. The first-order chi connectivity index (χ1) is 25.6. The number of fused-ring (bicyclic) bond motifs is 4. The summed E-state index contributed by atoms with van der Waals surface area (Å²) in [5, 5.41) is 3.67. The van der Waals surface area contributed by atoms with E-state index in [2.05, 4.69) is 193 Å². The second kappa shape index (κ2) is 13.9. The molecule has 6 aromatic carbocycles. The van der Waals surface area contributed by atoms with Crippen LogP contribution in [0, 0.1) is 0 Å². The van der Waals surface area contributed by atoms with Crippen molar-refractivity contribution in [2.24, 2.45) is 0 Å². The van der Waals surface area contributed by atoms with Crippen molar-refractivity contribution in [2.45, 2.75) is 13.8 Å². The van der Waals surface area contributed by atoms with Gasteiger partial charge in [-0.25, -0.2) is 0 Å². The first kappa shape index (κ1) is 32.6. The summed E-state index contributed by atoms with van der Waals surface area (Å²) in [7, 11) is 0. The molecule has 8 rings (SSSR count). The van der Waals surface area contributed by atoms with E-state index in [-0.39, 0.29) is 0 Å². The molecule has 2 heteroatoms. The number of rotatable bonds is 9. The van der Waals surface area contributed by atoms with Crippen LogP contribution in [-0.2, 0) is 0 Å². The van der Waals surface area contributed by atoms with E-state index in [4.69, 9.17) is 0 Å². The average molecular weight is 669 g/mol. The summed E-state index contributed by atoms with van der Waals surface area (Å²) >= 11 is 0. The van der Waals surface area contributed by atoms with Crippen molar-refractivity contribution in [3.63, 3.8) is 0 Å². The standard InChI is InChI=1S/C50H40N2/c1-5-14-35(15-6-2)37-21-27-41(28-22-37)51-47(8-4)43(16-7-3)45-33-39(25-31-49(45)51)40-26-32-50-46(34-40)44-19-12-13-20-48(44)52(50)42-29-23-38(24-30-42)36-17-10-9-11-18-36/h5-34H,1,4H2,2-3H3/b15-6-,16-7-,35-14+. The van der Waals surface area contributed by atoms with E-state index in [9.17, 15) is 0 Å². The second-order valence-electron chi connectivity index (χ2n) is 13.0. The molecule has 2 aromatic heterocycles. The van der Waals surface area contributed by atoms with Crippen LogP contribution < -0.4 is 0 Å². The summed E-state index contributed by atoms with van der Waals surface area (Å²) < 4.78 is 4.70. The number of nitrogens with zero attached hydrogens (tertiary/aromatic N) is 2. The molecule has 8 aromatic rings. The minimum Gasteiger partial charge on any atom is -0.309 e. The Kier molecular flexibility index (Phi) is 8.73. The number of hydrogen-bond acceptors (Lipinski definition) is 0. The lowest BCUT2D eigenvalue weighted by Crippen LogP contribution is -1.97. The highest BCUT2D eigenvalue weighted by atomic mass is 15.0. The molecule has 0 spiro atoms. The van der Waals surface area contributed by atoms with Crippen molar-refractivity contribution in [1.29, 1.82) is 0 Å². The summed E-state index contributed by atoms with van der Waals surface area (Å²) in [6, 6.07) is 50.6. The summed E-state index contributed by atoms with van der Waals surface area (Å²) in [4.78, 5) is 0. The van der Waals surface area contributed by atoms with Crippen LogP contribution in [0.1, 0.15) is 30.7 Å². The molecule has 52 heavy (non-hydrogen) atoms. The Labute approximate surface area is 305 Å². The number of hydrogen-bond donors (Lipinski definition) is 0. The molecule has 0 aliphatic heterocycles. The van der Waals surface area contributed by atoms with Crippen LogP contribution in [0.25, 0.3) is 84.1 Å². The predicted molar refractivity (Wildman–Crippen MR) is 226 cm³/mol. The van der Waals surface area contributed by atoms with Gasteiger partial charge in [-0.05, 0) is 108 Å². The molecule has 0 radical (unpaired) electrons. The lowest BCUT2D eigenvalue weighted by Gasteiger charge is -2.11. The van der Waals surface area contributed by atoms with Crippen LogP contribution in [0.3, 0.4) is 0 Å². The molecule has 0 aliphatic carbocycles. The quantitative estimate of drug-likeness (QED) is 0.136. The van der Waals surface area contributed by atoms with Crippen molar-refractivity contribution in [2.75, 3.05) is 0 Å². The van der Waals surface area contributed by atoms with Crippen LogP contribution in [0.5, 0.6) is 0 Å². The Bertz CT molecular complexity index is 2690. The van der Waals surface area contributed by atoms with Gasteiger partial charge in [0.2, 0.25) is 0 Å². The van der Waals surface area contributed by atoms with Crippen molar-refractivity contribution in [3.05, 3.63) is 200 Å². The Balaban J connectivity index is 1.24. The molecule has 2 nitrogen and oxygen atoms in total. The van der Waals surface area contributed by atoms with Gasteiger partial charge in [0.15, 0.2) is 0 Å². The number of aromatic nitrogens is 2. The fourth-order valence-corrected chi connectivity index (χ4v) is 7.56. The van der Waals surface area contributed by atoms with Gasteiger partial charge in [0.1, 0.15) is 0 Å². The van der Waals surface area contributed by atoms with Gasteiger partial charge in [0, 0.05) is 33.1 Å². The van der Waals surface area contributed by atoms with Gasteiger partial charge in [0.05, 0.1) is 22.2 Å². The van der Waals surface area contributed by atoms with Crippen molar-refractivity contribution in [1.82, 2.24) is 9.13 Å². The molecule has 0 fully saturated rings. The highest BCUT2D eigenvalue weighted by molar-refractivity contribution is 6.11. The minimum atomic E-state index is 1.07. The molecular formula is C50H40N2. The maximum atomic E-state index is 4.25. The molecule has 0 unspecified atom stereocenters. The number of allylic oxidation sites excluding steroid dienone is 6. The van der Waals surface area contributed by atoms with E-state index >= 15 is 0 Å². The van der Waals surface area contributed by atoms with Crippen LogP contribution in [0.2, 0.25) is 0 Å². The van der Waals surface area contributed by atoms with E-state index in [1.165, 1.54) is 49.4 Å². The average Bonchev–Trinajstić information content (AvgIpc) is 3.70. The topological polar surface area (TPSA) is 9.86 Å². The molecule has 2 heterocycles. The molecular weight excluding hydrogens is 629 g/mol. The van der Waals surface area contributed by atoms with E-state index in [1.807, 2.05) is 25.2 Å². The first-order valence-electron chi connectivity index (χ1n) is 17.8. The Morgan fingerprint density at radius 2 is 1.10 bits per heavy atom. The van der Waals surface area contributed by atoms with Crippen molar-refractivity contribution >= 4 is 50.4 Å². The van der Waals surface area contributed by atoms with Crippen LogP contribution >= 0.6 is 0 Å². The molecule has 0 aliphatic rings. The first-order valence-corrected chi connectivity index (χ1v) is 17.8. The largest absolute Gasteiger partial charge is 0.309 e. The molecule has 0 bridgehead atoms. The SMILES string of the molecule is C=C/C=C(\C=C/C)c1ccc(-n2c(C=C)c(/C=C\C)c3cc(-c4ccc5c(c4)c4ccccc4n5-c4ccc(-c5ccccc5)cc4)ccc32)cc1. The Hall–Kier alpha value is -6.64. The fourth-order valence-electron chi connectivity index (χ4n) is 7.56. The third-order valence-corrected chi connectivity index (χ3v) is 9.91. The van der Waals surface area contributed by atoms with Gasteiger partial charge >= 0.3 is 0 Å². The van der Waals surface area contributed by atoms with Crippen molar-refractivity contribution < 1.29 is 0 Å². The monoisotopic (exact) mass is 668 g/mol. The van der Waals surface area contributed by atoms with E-state index in [0.717, 1.165) is 39.3 Å². The maximum Gasteiger partial charge on any atom is 0.0541 e. The normalized spacial score (nSPS) is 12.2. The van der Waals surface area contributed by atoms with E-state index in [0.29, 0.717) is 0 Å². The third kappa shape index (κ3) is 5.65. The second-order valence-corrected chi connectivity index (χ2v) is 13.0. The molecule has 0 amide bonds. The minimum absolute atomic E-state index is 1.07. The van der Waals surface area contributed by atoms with Gasteiger partial charge in [-0.1, -0.05) is 135 Å². The molecule has 250 valence electrons. The van der Waals surface area contributed by atoms with Crippen molar-refractivity contribution in [3.8, 4) is 33.6 Å². The van der Waals surface area contributed by atoms with Crippen LogP contribution in [0.15, 0.2) is 183 Å².